The number of methoxy groups -OCH3 is 2. The smallest absolute Gasteiger partial charge is 0.241 e. The molecule has 1 unspecified atom stereocenters. The van der Waals surface area contributed by atoms with E-state index in [2.05, 4.69) is 10.9 Å². The minimum Gasteiger partial charge on any atom is -0.497 e. The van der Waals surface area contributed by atoms with Gasteiger partial charge in [0.25, 0.3) is 0 Å². The van der Waals surface area contributed by atoms with Crippen LogP contribution in [0.3, 0.4) is 0 Å². The van der Waals surface area contributed by atoms with Crippen molar-refractivity contribution in [3.8, 4) is 11.5 Å². The lowest BCUT2D eigenvalue weighted by Crippen LogP contribution is -2.37. The molecule has 18 heavy (non-hydrogen) atoms. The third-order valence-corrected chi connectivity index (χ3v) is 2.85. The molecule has 1 amide bonds. The molecule has 0 radical (unpaired) electrons. The molecule has 0 spiro atoms. The third kappa shape index (κ3) is 2.92. The summed E-state index contributed by atoms with van der Waals surface area (Å²) in [4.78, 5) is 11.9. The second-order valence-electron chi connectivity index (χ2n) is 4.02. The van der Waals surface area contributed by atoms with Crippen molar-refractivity contribution in [3.05, 3.63) is 23.3 Å². The van der Waals surface area contributed by atoms with Gasteiger partial charge in [-0.15, -0.1) is 0 Å². The first-order chi connectivity index (χ1) is 8.54. The van der Waals surface area contributed by atoms with Gasteiger partial charge in [0, 0.05) is 18.7 Å². The Balaban J connectivity index is 3.18. The van der Waals surface area contributed by atoms with E-state index in [9.17, 15) is 4.79 Å². The second kappa shape index (κ2) is 6.26. The summed E-state index contributed by atoms with van der Waals surface area (Å²) in [5.41, 5.74) is 7.04. The van der Waals surface area contributed by atoms with Crippen molar-refractivity contribution in [2.45, 2.75) is 19.8 Å². The van der Waals surface area contributed by atoms with Crippen LogP contribution in [0, 0.1) is 6.92 Å². The molecule has 1 aromatic carbocycles. The highest BCUT2D eigenvalue weighted by atomic mass is 16.5. The minimum absolute atomic E-state index is 0.107. The summed E-state index contributed by atoms with van der Waals surface area (Å²) in [7, 11) is 4.84. The summed E-state index contributed by atoms with van der Waals surface area (Å²) in [6, 6.07) is 3.67. The van der Waals surface area contributed by atoms with Gasteiger partial charge in [0.2, 0.25) is 5.91 Å². The Morgan fingerprint density at radius 3 is 2.44 bits per heavy atom. The van der Waals surface area contributed by atoms with Crippen LogP contribution in [-0.4, -0.2) is 27.2 Å². The largest absolute Gasteiger partial charge is 0.497 e. The number of hydrazine groups is 1. The summed E-state index contributed by atoms with van der Waals surface area (Å²) >= 11 is 0. The number of amides is 1. The molecule has 1 rings (SSSR count). The molecule has 5 heteroatoms. The van der Waals surface area contributed by atoms with Gasteiger partial charge in [-0.25, -0.2) is 5.43 Å². The first-order valence-corrected chi connectivity index (χ1v) is 5.74. The maximum absolute atomic E-state index is 11.9. The lowest BCUT2D eigenvalue weighted by atomic mass is 9.94. The average Bonchev–Trinajstić information content (AvgIpc) is 2.37. The molecule has 0 saturated carbocycles. The van der Waals surface area contributed by atoms with Gasteiger partial charge < -0.3 is 9.47 Å². The molecular formula is C13H20N2O3. The molecular weight excluding hydrogens is 232 g/mol. The van der Waals surface area contributed by atoms with Gasteiger partial charge in [0.1, 0.15) is 11.5 Å². The number of rotatable bonds is 5. The monoisotopic (exact) mass is 252 g/mol. The molecule has 1 atom stereocenters. The molecule has 0 fully saturated rings. The summed E-state index contributed by atoms with van der Waals surface area (Å²) in [5, 5.41) is 0. The van der Waals surface area contributed by atoms with Crippen molar-refractivity contribution in [2.75, 3.05) is 21.3 Å². The molecule has 100 valence electrons. The number of nitrogens with one attached hydrogen (secondary N) is 2. The SMILES string of the molecule is CNNC(=O)C(C)c1c(C)cc(OC)cc1OC. The molecule has 2 N–H and O–H groups in total. The highest BCUT2D eigenvalue weighted by molar-refractivity contribution is 5.84. The molecule has 0 bridgehead atoms. The maximum Gasteiger partial charge on any atom is 0.241 e. The van der Waals surface area contributed by atoms with Gasteiger partial charge >= 0.3 is 0 Å². The Hall–Kier alpha value is -1.75. The van der Waals surface area contributed by atoms with Crippen molar-refractivity contribution in [1.29, 1.82) is 0 Å². The summed E-state index contributed by atoms with van der Waals surface area (Å²) in [5.74, 6) is 0.960. The van der Waals surface area contributed by atoms with E-state index in [0.717, 1.165) is 11.1 Å². The highest BCUT2D eigenvalue weighted by Crippen LogP contribution is 2.33. The number of carbonyl (C=O) groups excluding carboxylic acids is 1. The van der Waals surface area contributed by atoms with Gasteiger partial charge in [-0.2, -0.15) is 0 Å². The standard InChI is InChI=1S/C13H20N2O3/c1-8-6-10(17-4)7-11(18-5)12(8)9(2)13(16)15-14-3/h6-7,9,14H,1-5H3,(H,15,16). The molecule has 0 aliphatic rings. The van der Waals surface area contributed by atoms with Crippen LogP contribution in [0.5, 0.6) is 11.5 Å². The van der Waals surface area contributed by atoms with Crippen LogP contribution in [0.15, 0.2) is 12.1 Å². The number of hydrogen-bond donors (Lipinski definition) is 2. The number of carbonyl (C=O) groups is 1. The quantitative estimate of drug-likeness (QED) is 0.777. The zero-order chi connectivity index (χ0) is 13.7. The first kappa shape index (κ1) is 14.3. The molecule has 1 aromatic rings. The molecule has 0 heterocycles. The Morgan fingerprint density at radius 1 is 1.28 bits per heavy atom. The molecule has 5 nitrogen and oxygen atoms in total. The molecule has 0 aliphatic carbocycles. The molecule has 0 aromatic heterocycles. The fraction of sp³-hybridized carbons (Fsp3) is 0.462. The topological polar surface area (TPSA) is 59.6 Å². The Kier molecular flexibility index (Phi) is 4.97. The van der Waals surface area contributed by atoms with Crippen LogP contribution < -0.4 is 20.3 Å². The van der Waals surface area contributed by atoms with Crippen molar-refractivity contribution < 1.29 is 14.3 Å². The first-order valence-electron chi connectivity index (χ1n) is 5.74. The lowest BCUT2D eigenvalue weighted by Gasteiger charge is -2.18. The van der Waals surface area contributed by atoms with Crippen molar-refractivity contribution in [1.82, 2.24) is 10.9 Å². The molecule has 0 saturated heterocycles. The highest BCUT2D eigenvalue weighted by Gasteiger charge is 2.21. The fourth-order valence-corrected chi connectivity index (χ4v) is 1.94. The van der Waals surface area contributed by atoms with Gasteiger partial charge in [-0.3, -0.25) is 10.2 Å². The summed E-state index contributed by atoms with van der Waals surface area (Å²) in [6.45, 7) is 3.77. The maximum atomic E-state index is 11.9. The normalized spacial score (nSPS) is 11.8. The van der Waals surface area contributed by atoms with E-state index in [1.807, 2.05) is 19.9 Å². The van der Waals surface area contributed by atoms with Crippen LogP contribution in [0.4, 0.5) is 0 Å². The van der Waals surface area contributed by atoms with Gasteiger partial charge in [0.15, 0.2) is 0 Å². The van der Waals surface area contributed by atoms with Crippen molar-refractivity contribution in [2.24, 2.45) is 0 Å². The third-order valence-electron chi connectivity index (χ3n) is 2.85. The van der Waals surface area contributed by atoms with E-state index in [4.69, 9.17) is 9.47 Å². The van der Waals surface area contributed by atoms with Crippen molar-refractivity contribution in [3.63, 3.8) is 0 Å². The predicted molar refractivity (Wildman–Crippen MR) is 69.9 cm³/mol. The number of aryl methyl sites for hydroxylation is 1. The fourth-order valence-electron chi connectivity index (χ4n) is 1.94. The van der Waals surface area contributed by atoms with E-state index in [1.165, 1.54) is 0 Å². The van der Waals surface area contributed by atoms with Gasteiger partial charge in [-0.05, 0) is 25.5 Å². The lowest BCUT2D eigenvalue weighted by molar-refractivity contribution is -0.123. The molecule has 0 aliphatic heterocycles. The Bertz CT molecular complexity index is 432. The number of hydrogen-bond acceptors (Lipinski definition) is 4. The van der Waals surface area contributed by atoms with Crippen LogP contribution in [0.1, 0.15) is 24.0 Å². The predicted octanol–water partition coefficient (Wildman–Crippen LogP) is 1.37. The Labute approximate surface area is 107 Å². The van der Waals surface area contributed by atoms with Crippen LogP contribution in [0.2, 0.25) is 0 Å². The van der Waals surface area contributed by atoms with E-state index >= 15 is 0 Å². The summed E-state index contributed by atoms with van der Waals surface area (Å²) in [6.07, 6.45) is 0. The van der Waals surface area contributed by atoms with E-state index < -0.39 is 0 Å². The van der Waals surface area contributed by atoms with Crippen molar-refractivity contribution >= 4 is 5.91 Å². The van der Waals surface area contributed by atoms with Gasteiger partial charge in [-0.1, -0.05) is 0 Å². The average molecular weight is 252 g/mol. The number of ether oxygens (including phenoxy) is 2. The number of benzene rings is 1. The zero-order valence-corrected chi connectivity index (χ0v) is 11.5. The van der Waals surface area contributed by atoms with Gasteiger partial charge in [0.05, 0.1) is 20.1 Å². The zero-order valence-electron chi connectivity index (χ0n) is 11.5. The van der Waals surface area contributed by atoms with Crippen LogP contribution in [-0.2, 0) is 4.79 Å². The Morgan fingerprint density at radius 2 is 1.94 bits per heavy atom. The van der Waals surface area contributed by atoms with E-state index in [0.29, 0.717) is 11.5 Å². The van der Waals surface area contributed by atoms with Crippen LogP contribution >= 0.6 is 0 Å². The minimum atomic E-state index is -0.307. The van der Waals surface area contributed by atoms with Crippen LogP contribution in [0.25, 0.3) is 0 Å². The van der Waals surface area contributed by atoms with E-state index in [-0.39, 0.29) is 11.8 Å². The van der Waals surface area contributed by atoms with E-state index in [1.54, 1.807) is 27.3 Å². The summed E-state index contributed by atoms with van der Waals surface area (Å²) < 4.78 is 10.5. The second-order valence-corrected chi connectivity index (χ2v) is 4.02.